The summed E-state index contributed by atoms with van der Waals surface area (Å²) in [5, 5.41) is 2.65. The SMILES string of the molecule is C=CCNC(=O)CN(Cc1ccccc1)S(=O)(=O)c1c(C)cc(C)cc1C. The van der Waals surface area contributed by atoms with Crippen molar-refractivity contribution in [1.82, 2.24) is 9.62 Å². The number of hydrogen-bond donors (Lipinski definition) is 1. The van der Waals surface area contributed by atoms with Crippen LogP contribution in [0, 0.1) is 20.8 Å². The molecule has 27 heavy (non-hydrogen) atoms. The molecule has 2 aromatic rings. The lowest BCUT2D eigenvalue weighted by Crippen LogP contribution is -2.40. The van der Waals surface area contributed by atoms with Crippen LogP contribution in [0.15, 0.2) is 60.0 Å². The van der Waals surface area contributed by atoms with E-state index in [1.165, 1.54) is 4.31 Å². The Morgan fingerprint density at radius 1 is 1.11 bits per heavy atom. The highest BCUT2D eigenvalue weighted by Gasteiger charge is 2.29. The summed E-state index contributed by atoms with van der Waals surface area (Å²) in [5.74, 6) is -0.364. The molecule has 0 unspecified atom stereocenters. The molecule has 0 saturated heterocycles. The second-order valence-electron chi connectivity index (χ2n) is 6.58. The topological polar surface area (TPSA) is 66.5 Å². The predicted octanol–water partition coefficient (Wildman–Crippen LogP) is 3.10. The molecule has 0 aliphatic rings. The predicted molar refractivity (Wildman–Crippen MR) is 108 cm³/mol. The zero-order valence-electron chi connectivity index (χ0n) is 16.0. The van der Waals surface area contributed by atoms with Gasteiger partial charge in [0.15, 0.2) is 0 Å². The van der Waals surface area contributed by atoms with Gasteiger partial charge in [0.05, 0.1) is 11.4 Å². The lowest BCUT2D eigenvalue weighted by molar-refractivity contribution is -0.121. The standard InChI is InChI=1S/C21H26N2O3S/c1-5-11-22-20(24)15-23(14-19-9-7-6-8-10-19)27(25,26)21-17(3)12-16(2)13-18(21)4/h5-10,12-13H,1,11,14-15H2,2-4H3,(H,22,24). The Morgan fingerprint density at radius 3 is 2.26 bits per heavy atom. The van der Waals surface area contributed by atoms with Gasteiger partial charge in [-0.2, -0.15) is 4.31 Å². The molecule has 6 heteroatoms. The molecule has 5 nitrogen and oxygen atoms in total. The summed E-state index contributed by atoms with van der Waals surface area (Å²) in [4.78, 5) is 12.5. The van der Waals surface area contributed by atoms with E-state index in [0.29, 0.717) is 17.7 Å². The second-order valence-corrected chi connectivity index (χ2v) is 8.45. The van der Waals surface area contributed by atoms with Crippen molar-refractivity contribution in [2.24, 2.45) is 0 Å². The number of aryl methyl sites for hydroxylation is 3. The highest BCUT2D eigenvalue weighted by molar-refractivity contribution is 7.89. The smallest absolute Gasteiger partial charge is 0.244 e. The molecule has 0 aliphatic carbocycles. The van der Waals surface area contributed by atoms with Crippen LogP contribution in [-0.2, 0) is 21.4 Å². The van der Waals surface area contributed by atoms with Crippen LogP contribution in [-0.4, -0.2) is 31.7 Å². The molecular formula is C21H26N2O3S. The van der Waals surface area contributed by atoms with Crippen molar-refractivity contribution in [3.63, 3.8) is 0 Å². The van der Waals surface area contributed by atoms with Crippen molar-refractivity contribution in [3.05, 3.63) is 77.4 Å². The van der Waals surface area contributed by atoms with Gasteiger partial charge in [-0.3, -0.25) is 4.79 Å². The fraction of sp³-hybridized carbons (Fsp3) is 0.286. The fourth-order valence-corrected chi connectivity index (χ4v) is 4.91. The molecule has 0 bridgehead atoms. The normalized spacial score (nSPS) is 11.4. The fourth-order valence-electron chi connectivity index (χ4n) is 3.12. The van der Waals surface area contributed by atoms with Gasteiger partial charge in [-0.15, -0.1) is 6.58 Å². The van der Waals surface area contributed by atoms with Crippen molar-refractivity contribution in [1.29, 1.82) is 0 Å². The Balaban J connectivity index is 2.44. The van der Waals surface area contributed by atoms with Gasteiger partial charge in [-0.05, 0) is 37.5 Å². The highest BCUT2D eigenvalue weighted by atomic mass is 32.2. The zero-order chi connectivity index (χ0) is 20.0. The van der Waals surface area contributed by atoms with E-state index in [1.807, 2.05) is 49.4 Å². The molecule has 2 rings (SSSR count). The zero-order valence-corrected chi connectivity index (χ0v) is 16.8. The van der Waals surface area contributed by atoms with Crippen LogP contribution in [0.5, 0.6) is 0 Å². The van der Waals surface area contributed by atoms with Crippen LogP contribution >= 0.6 is 0 Å². The first-order chi connectivity index (χ1) is 12.8. The lowest BCUT2D eigenvalue weighted by Gasteiger charge is -2.24. The summed E-state index contributed by atoms with van der Waals surface area (Å²) in [6, 6.07) is 12.9. The molecule has 144 valence electrons. The number of nitrogens with one attached hydrogen (secondary N) is 1. The Bertz CT molecular complexity index is 899. The van der Waals surface area contributed by atoms with E-state index in [9.17, 15) is 13.2 Å². The van der Waals surface area contributed by atoms with E-state index in [2.05, 4.69) is 11.9 Å². The third-order valence-corrected chi connectivity index (χ3v) is 6.27. The van der Waals surface area contributed by atoms with Crippen molar-refractivity contribution in [3.8, 4) is 0 Å². The first-order valence-electron chi connectivity index (χ1n) is 8.75. The maximum Gasteiger partial charge on any atom is 0.244 e. The summed E-state index contributed by atoms with van der Waals surface area (Å²) in [6.45, 7) is 9.22. The number of amides is 1. The molecule has 0 heterocycles. The summed E-state index contributed by atoms with van der Waals surface area (Å²) >= 11 is 0. The molecule has 0 atom stereocenters. The number of hydrogen-bond acceptors (Lipinski definition) is 3. The van der Waals surface area contributed by atoms with Crippen LogP contribution < -0.4 is 5.32 Å². The van der Waals surface area contributed by atoms with Gasteiger partial charge in [-0.1, -0.05) is 54.1 Å². The highest BCUT2D eigenvalue weighted by Crippen LogP contribution is 2.26. The molecule has 0 aromatic heterocycles. The summed E-state index contributed by atoms with van der Waals surface area (Å²) in [7, 11) is -3.85. The van der Waals surface area contributed by atoms with Gasteiger partial charge in [-0.25, -0.2) is 8.42 Å². The minimum absolute atomic E-state index is 0.122. The molecule has 0 spiro atoms. The molecule has 0 saturated carbocycles. The van der Waals surface area contributed by atoms with Gasteiger partial charge in [0.2, 0.25) is 15.9 Å². The molecule has 2 aromatic carbocycles. The van der Waals surface area contributed by atoms with E-state index < -0.39 is 10.0 Å². The van der Waals surface area contributed by atoms with Gasteiger partial charge in [0.1, 0.15) is 0 Å². The third-order valence-electron chi connectivity index (χ3n) is 4.17. The van der Waals surface area contributed by atoms with Crippen molar-refractivity contribution >= 4 is 15.9 Å². The van der Waals surface area contributed by atoms with Crippen LogP contribution in [0.3, 0.4) is 0 Å². The van der Waals surface area contributed by atoms with E-state index in [-0.39, 0.29) is 23.9 Å². The van der Waals surface area contributed by atoms with E-state index >= 15 is 0 Å². The van der Waals surface area contributed by atoms with Crippen molar-refractivity contribution < 1.29 is 13.2 Å². The number of nitrogens with zero attached hydrogens (tertiary/aromatic N) is 1. The third kappa shape index (κ3) is 5.28. The van der Waals surface area contributed by atoms with E-state index in [4.69, 9.17) is 0 Å². The number of rotatable bonds is 8. The number of sulfonamides is 1. The summed E-state index contributed by atoms with van der Waals surface area (Å²) in [5.41, 5.74) is 3.18. The molecule has 1 N–H and O–H groups in total. The van der Waals surface area contributed by atoms with E-state index in [0.717, 1.165) is 11.1 Å². The van der Waals surface area contributed by atoms with E-state index in [1.54, 1.807) is 19.9 Å². The minimum Gasteiger partial charge on any atom is -0.351 e. The van der Waals surface area contributed by atoms with Gasteiger partial charge in [0.25, 0.3) is 0 Å². The van der Waals surface area contributed by atoms with Crippen LogP contribution in [0.1, 0.15) is 22.3 Å². The first-order valence-corrected chi connectivity index (χ1v) is 10.2. The quantitative estimate of drug-likeness (QED) is 0.709. The molecule has 1 amide bonds. The average molecular weight is 387 g/mol. The van der Waals surface area contributed by atoms with Crippen molar-refractivity contribution in [2.75, 3.05) is 13.1 Å². The molecular weight excluding hydrogens is 360 g/mol. The minimum atomic E-state index is -3.85. The summed E-state index contributed by atoms with van der Waals surface area (Å²) in [6.07, 6.45) is 1.56. The lowest BCUT2D eigenvalue weighted by atomic mass is 10.1. The average Bonchev–Trinajstić information content (AvgIpc) is 2.59. The monoisotopic (exact) mass is 386 g/mol. The maximum atomic E-state index is 13.4. The Labute approximate surface area is 161 Å². The molecule has 0 fully saturated rings. The summed E-state index contributed by atoms with van der Waals surface area (Å²) < 4.78 is 28.1. The largest absolute Gasteiger partial charge is 0.351 e. The number of carbonyl (C=O) groups excluding carboxylic acids is 1. The molecule has 0 aliphatic heterocycles. The maximum absolute atomic E-state index is 13.4. The van der Waals surface area contributed by atoms with Crippen molar-refractivity contribution in [2.45, 2.75) is 32.2 Å². The van der Waals surface area contributed by atoms with Crippen LogP contribution in [0.2, 0.25) is 0 Å². The number of carbonyl (C=O) groups is 1. The molecule has 0 radical (unpaired) electrons. The van der Waals surface area contributed by atoms with Crippen LogP contribution in [0.25, 0.3) is 0 Å². The van der Waals surface area contributed by atoms with Crippen LogP contribution in [0.4, 0.5) is 0 Å². The Morgan fingerprint density at radius 2 is 1.70 bits per heavy atom. The Kier molecular flexibility index (Phi) is 6.93. The van der Waals surface area contributed by atoms with Gasteiger partial charge >= 0.3 is 0 Å². The second kappa shape index (κ2) is 8.97. The van der Waals surface area contributed by atoms with Gasteiger partial charge < -0.3 is 5.32 Å². The first kappa shape index (κ1) is 20.9. The van der Waals surface area contributed by atoms with Gasteiger partial charge in [0, 0.05) is 13.1 Å². The number of benzene rings is 2. The Hall–Kier alpha value is -2.44.